The summed E-state index contributed by atoms with van der Waals surface area (Å²) in [6.45, 7) is 5.73. The van der Waals surface area contributed by atoms with Gasteiger partial charge in [-0.3, -0.25) is 4.55 Å². The molecule has 6 nitrogen and oxygen atoms in total. The lowest BCUT2D eigenvalue weighted by atomic mass is 9.91. The van der Waals surface area contributed by atoms with E-state index in [0.29, 0.717) is 17.5 Å². The minimum Gasteiger partial charge on any atom is -0.507 e. The predicted octanol–water partition coefficient (Wildman–Crippen LogP) is 5.23. The highest BCUT2D eigenvalue weighted by molar-refractivity contribution is 7.86. The van der Waals surface area contributed by atoms with Crippen LogP contribution >= 0.6 is 0 Å². The van der Waals surface area contributed by atoms with E-state index in [2.05, 4.69) is 6.92 Å². The van der Waals surface area contributed by atoms with Gasteiger partial charge in [0.25, 0.3) is 10.1 Å². The fraction of sp³-hybridized carbons (Fsp3) is 0.524. The molecule has 0 aliphatic heterocycles. The van der Waals surface area contributed by atoms with Gasteiger partial charge in [-0.15, -0.1) is 0 Å². The molecule has 0 heterocycles. The molecule has 0 atom stereocenters. The molecule has 0 saturated heterocycles. The number of unbranched alkanes of at least 4 members (excludes halogenated alkanes) is 5. The van der Waals surface area contributed by atoms with E-state index in [-0.39, 0.29) is 28.2 Å². The van der Waals surface area contributed by atoms with Gasteiger partial charge in [0.2, 0.25) is 0 Å². The monoisotopic (exact) mass is 410 g/mol. The molecule has 2 rings (SSSR count). The Morgan fingerprint density at radius 1 is 0.893 bits per heavy atom. The van der Waals surface area contributed by atoms with Crippen molar-refractivity contribution in [3.8, 4) is 17.2 Å². The highest BCUT2D eigenvalue weighted by Gasteiger charge is 2.26. The lowest BCUT2D eigenvalue weighted by molar-refractivity contribution is 0.437. The summed E-state index contributed by atoms with van der Waals surface area (Å²) in [4.78, 5) is -0.671. The van der Waals surface area contributed by atoms with Crippen LogP contribution in [0.2, 0.25) is 0 Å². The molecule has 0 unspecified atom stereocenters. The zero-order valence-corrected chi connectivity index (χ0v) is 17.5. The molecular formula is C21H30O6S. The van der Waals surface area contributed by atoms with Gasteiger partial charge in [0.1, 0.15) is 22.1 Å². The van der Waals surface area contributed by atoms with Gasteiger partial charge in [0, 0.05) is 5.39 Å². The molecule has 0 aliphatic carbocycles. The first-order valence-electron chi connectivity index (χ1n) is 9.80. The molecule has 4 N–H and O–H groups in total. The second kappa shape index (κ2) is 9.01. The number of fused-ring (bicyclic) bond motifs is 1. The zero-order valence-electron chi connectivity index (χ0n) is 16.7. The second-order valence-electron chi connectivity index (χ2n) is 7.61. The summed E-state index contributed by atoms with van der Waals surface area (Å²) in [7, 11) is -4.70. The van der Waals surface area contributed by atoms with E-state index in [1.54, 1.807) is 13.8 Å². The van der Waals surface area contributed by atoms with Gasteiger partial charge in [0.15, 0.2) is 0 Å². The third-order valence-electron chi connectivity index (χ3n) is 5.10. The summed E-state index contributed by atoms with van der Waals surface area (Å²) in [5, 5.41) is 31.8. The number of rotatable bonds is 9. The molecule has 0 spiro atoms. The maximum absolute atomic E-state index is 11.7. The molecule has 0 aromatic heterocycles. The van der Waals surface area contributed by atoms with Crippen molar-refractivity contribution in [1.29, 1.82) is 0 Å². The quantitative estimate of drug-likeness (QED) is 0.256. The number of benzene rings is 2. The van der Waals surface area contributed by atoms with Crippen LogP contribution in [-0.4, -0.2) is 28.3 Å². The van der Waals surface area contributed by atoms with Crippen LogP contribution in [0.15, 0.2) is 17.0 Å². The smallest absolute Gasteiger partial charge is 0.298 e. The normalized spacial score (nSPS) is 12.2. The minimum absolute atomic E-state index is 0.130. The van der Waals surface area contributed by atoms with Crippen LogP contribution in [0.4, 0.5) is 0 Å². The number of phenols is 3. The Labute approximate surface area is 166 Å². The zero-order chi connectivity index (χ0) is 21.1. The largest absolute Gasteiger partial charge is 0.507 e. The van der Waals surface area contributed by atoms with Crippen molar-refractivity contribution >= 4 is 20.9 Å². The van der Waals surface area contributed by atoms with E-state index in [1.807, 2.05) is 0 Å². The molecule has 0 fully saturated rings. The Hall–Kier alpha value is -1.99. The topological polar surface area (TPSA) is 115 Å². The molecule has 0 radical (unpaired) electrons. The van der Waals surface area contributed by atoms with Crippen molar-refractivity contribution in [2.45, 2.75) is 76.5 Å². The molecule has 0 aliphatic rings. The highest BCUT2D eigenvalue weighted by atomic mass is 32.2. The van der Waals surface area contributed by atoms with Crippen molar-refractivity contribution in [2.24, 2.45) is 0 Å². The van der Waals surface area contributed by atoms with Gasteiger partial charge in [-0.1, -0.05) is 52.9 Å². The number of phenolic OH excluding ortho intramolecular Hbond substituents is 3. The summed E-state index contributed by atoms with van der Waals surface area (Å²) >= 11 is 0. The summed E-state index contributed by atoms with van der Waals surface area (Å²) in [5.74, 6) is -1.35. The van der Waals surface area contributed by atoms with E-state index in [0.717, 1.165) is 38.2 Å². The molecule has 0 saturated carbocycles. The fourth-order valence-electron chi connectivity index (χ4n) is 3.58. The molecule has 28 heavy (non-hydrogen) atoms. The average Bonchev–Trinajstić information content (AvgIpc) is 2.60. The Bertz CT molecular complexity index is 948. The predicted molar refractivity (Wildman–Crippen MR) is 110 cm³/mol. The van der Waals surface area contributed by atoms with Crippen LogP contribution < -0.4 is 0 Å². The van der Waals surface area contributed by atoms with E-state index < -0.39 is 20.8 Å². The Morgan fingerprint density at radius 3 is 2.07 bits per heavy atom. The van der Waals surface area contributed by atoms with Crippen molar-refractivity contribution < 1.29 is 28.3 Å². The average molecular weight is 411 g/mol. The van der Waals surface area contributed by atoms with Crippen LogP contribution in [0.5, 0.6) is 17.2 Å². The summed E-state index contributed by atoms with van der Waals surface area (Å²) in [6.07, 6.45) is 6.86. The number of aromatic hydroxyl groups is 3. The molecule has 2 aromatic rings. The standard InChI is InChI=1S/C21H30O6S/c1-4-5-6-7-8-9-10-14-11-16(22)18-15(13(2)3)12-17(28(25,26)27)21(24)19(18)20(14)23/h11-13,22-24H,4-10H2,1-3H3,(H,25,26,27). The van der Waals surface area contributed by atoms with Crippen molar-refractivity contribution in [3.63, 3.8) is 0 Å². The van der Waals surface area contributed by atoms with Crippen LogP contribution in [0, 0.1) is 0 Å². The third-order valence-corrected chi connectivity index (χ3v) is 5.97. The molecule has 0 bridgehead atoms. The van der Waals surface area contributed by atoms with Gasteiger partial charge in [-0.2, -0.15) is 8.42 Å². The van der Waals surface area contributed by atoms with E-state index in [4.69, 9.17) is 0 Å². The third kappa shape index (κ3) is 4.70. The minimum atomic E-state index is -4.70. The van der Waals surface area contributed by atoms with Gasteiger partial charge in [-0.25, -0.2) is 0 Å². The van der Waals surface area contributed by atoms with E-state index in [1.165, 1.54) is 12.5 Å². The molecule has 2 aromatic carbocycles. The first-order valence-corrected chi connectivity index (χ1v) is 11.2. The Morgan fingerprint density at radius 2 is 1.50 bits per heavy atom. The second-order valence-corrected chi connectivity index (χ2v) is 9.00. The fourth-order valence-corrected chi connectivity index (χ4v) is 4.20. The number of hydrogen-bond donors (Lipinski definition) is 4. The van der Waals surface area contributed by atoms with Crippen LogP contribution in [0.3, 0.4) is 0 Å². The Kier molecular flexibility index (Phi) is 7.17. The van der Waals surface area contributed by atoms with Gasteiger partial charge in [-0.05, 0) is 42.0 Å². The first-order chi connectivity index (χ1) is 13.1. The summed E-state index contributed by atoms with van der Waals surface area (Å²) < 4.78 is 32.9. The van der Waals surface area contributed by atoms with Gasteiger partial charge in [0.05, 0.1) is 5.39 Å². The van der Waals surface area contributed by atoms with Gasteiger partial charge >= 0.3 is 0 Å². The van der Waals surface area contributed by atoms with Crippen molar-refractivity contribution in [3.05, 3.63) is 23.3 Å². The highest BCUT2D eigenvalue weighted by Crippen LogP contribution is 2.47. The molecular weight excluding hydrogens is 380 g/mol. The lowest BCUT2D eigenvalue weighted by Crippen LogP contribution is -2.03. The van der Waals surface area contributed by atoms with Crippen LogP contribution in [-0.2, 0) is 16.5 Å². The molecule has 0 amide bonds. The van der Waals surface area contributed by atoms with Crippen molar-refractivity contribution in [2.75, 3.05) is 0 Å². The SMILES string of the molecule is CCCCCCCCc1cc(O)c2c(C(C)C)cc(S(=O)(=O)O)c(O)c2c1O. The van der Waals surface area contributed by atoms with E-state index in [9.17, 15) is 28.3 Å². The summed E-state index contributed by atoms with van der Waals surface area (Å²) in [6, 6.07) is 2.62. The van der Waals surface area contributed by atoms with Crippen LogP contribution in [0.1, 0.15) is 76.3 Å². The van der Waals surface area contributed by atoms with E-state index >= 15 is 0 Å². The maximum Gasteiger partial charge on any atom is 0.298 e. The van der Waals surface area contributed by atoms with Crippen molar-refractivity contribution in [1.82, 2.24) is 0 Å². The molecule has 7 heteroatoms. The molecule has 156 valence electrons. The van der Waals surface area contributed by atoms with Crippen LogP contribution in [0.25, 0.3) is 10.8 Å². The number of hydrogen-bond acceptors (Lipinski definition) is 5. The lowest BCUT2D eigenvalue weighted by Gasteiger charge is -2.18. The maximum atomic E-state index is 11.7. The Balaban J connectivity index is 2.54. The number of aryl methyl sites for hydroxylation is 1. The van der Waals surface area contributed by atoms with Gasteiger partial charge < -0.3 is 15.3 Å². The summed E-state index contributed by atoms with van der Waals surface area (Å²) in [5.41, 5.74) is 0.859. The first kappa shape index (κ1) is 22.3.